The Morgan fingerprint density at radius 2 is 0.806 bits per heavy atom. The number of allylic oxidation sites excluding steroid dienone is 2. The summed E-state index contributed by atoms with van der Waals surface area (Å²) >= 11 is 0. The smallest absolute Gasteiger partial charge is 0.219 e. The van der Waals surface area contributed by atoms with Gasteiger partial charge in [-0.1, -0.05) is 63.5 Å². The van der Waals surface area contributed by atoms with Crippen LogP contribution in [0.4, 0.5) is 0 Å². The molecule has 0 aliphatic rings. The summed E-state index contributed by atoms with van der Waals surface area (Å²) in [6.45, 7) is 12.6. The molecule has 0 atom stereocenters. The molecule has 4 N–H and O–H groups in total. The standard InChI is InChI=1S/C30H58N4O2/c1-3-5-7-9-11-13-15-17-21-29(35)33-25-19-23-31-27-28-32-24-20-26-34-30(36)22-18-16-14-12-10-8-6-4-2/h3-4,31-32H,1-2,5-28H2,(H,33,35)(H,34,36). The molecule has 0 aromatic carbocycles. The van der Waals surface area contributed by atoms with E-state index in [0.717, 1.165) is 90.6 Å². The Balaban J connectivity index is 3.23. The van der Waals surface area contributed by atoms with E-state index in [0.29, 0.717) is 12.8 Å². The van der Waals surface area contributed by atoms with Crippen LogP contribution in [0.15, 0.2) is 25.3 Å². The summed E-state index contributed by atoms with van der Waals surface area (Å²) < 4.78 is 0. The minimum absolute atomic E-state index is 0.185. The van der Waals surface area contributed by atoms with Crippen LogP contribution < -0.4 is 21.3 Å². The molecule has 6 nitrogen and oxygen atoms in total. The lowest BCUT2D eigenvalue weighted by molar-refractivity contribution is -0.122. The number of hydrogen-bond donors (Lipinski definition) is 4. The molecular weight excluding hydrogens is 448 g/mol. The monoisotopic (exact) mass is 506 g/mol. The second-order valence-corrected chi connectivity index (χ2v) is 9.80. The lowest BCUT2D eigenvalue weighted by Gasteiger charge is -2.08. The predicted octanol–water partition coefficient (Wildman–Crippen LogP) is 5.79. The van der Waals surface area contributed by atoms with Crippen molar-refractivity contribution in [2.45, 2.75) is 116 Å². The van der Waals surface area contributed by atoms with Crippen molar-refractivity contribution in [1.29, 1.82) is 0 Å². The Morgan fingerprint density at radius 1 is 0.444 bits per heavy atom. The van der Waals surface area contributed by atoms with Gasteiger partial charge >= 0.3 is 0 Å². The van der Waals surface area contributed by atoms with Crippen LogP contribution in [-0.2, 0) is 9.59 Å². The van der Waals surface area contributed by atoms with Gasteiger partial charge in [-0.15, -0.1) is 13.2 Å². The Kier molecular flexibility index (Phi) is 28.2. The van der Waals surface area contributed by atoms with E-state index in [1.807, 2.05) is 12.2 Å². The molecule has 0 aliphatic heterocycles. The number of rotatable bonds is 29. The third-order valence-corrected chi connectivity index (χ3v) is 6.31. The molecule has 0 saturated heterocycles. The fourth-order valence-corrected chi connectivity index (χ4v) is 4.05. The van der Waals surface area contributed by atoms with Gasteiger partial charge in [-0.25, -0.2) is 0 Å². The SMILES string of the molecule is C=CCCCCCCCCC(=O)NCCCNCCNCCCNC(=O)CCCCCCCCC=C. The van der Waals surface area contributed by atoms with E-state index < -0.39 is 0 Å². The highest BCUT2D eigenvalue weighted by atomic mass is 16.2. The van der Waals surface area contributed by atoms with Crippen LogP contribution in [0, 0.1) is 0 Å². The third-order valence-electron chi connectivity index (χ3n) is 6.31. The Bertz CT molecular complexity index is 479. The maximum atomic E-state index is 11.9. The molecule has 0 unspecified atom stereocenters. The predicted molar refractivity (Wildman–Crippen MR) is 155 cm³/mol. The quantitative estimate of drug-likeness (QED) is 0.0764. The van der Waals surface area contributed by atoms with E-state index in [1.54, 1.807) is 0 Å². The lowest BCUT2D eigenvalue weighted by Crippen LogP contribution is -2.32. The van der Waals surface area contributed by atoms with Crippen molar-refractivity contribution in [1.82, 2.24) is 21.3 Å². The van der Waals surface area contributed by atoms with Gasteiger partial charge in [0, 0.05) is 39.0 Å². The van der Waals surface area contributed by atoms with Gasteiger partial charge in [-0.3, -0.25) is 9.59 Å². The first kappa shape index (κ1) is 34.3. The van der Waals surface area contributed by atoms with Crippen LogP contribution in [0.25, 0.3) is 0 Å². The molecule has 0 spiro atoms. The Hall–Kier alpha value is -1.66. The van der Waals surface area contributed by atoms with E-state index in [4.69, 9.17) is 0 Å². The molecular formula is C30H58N4O2. The van der Waals surface area contributed by atoms with Gasteiger partial charge in [0.1, 0.15) is 0 Å². The average Bonchev–Trinajstić information content (AvgIpc) is 2.87. The van der Waals surface area contributed by atoms with Crippen molar-refractivity contribution in [3.05, 3.63) is 25.3 Å². The summed E-state index contributed by atoms with van der Waals surface area (Å²) in [5.41, 5.74) is 0. The van der Waals surface area contributed by atoms with Crippen LogP contribution in [-0.4, -0.2) is 51.1 Å². The third kappa shape index (κ3) is 28.6. The van der Waals surface area contributed by atoms with Crippen molar-refractivity contribution in [3.63, 3.8) is 0 Å². The number of carbonyl (C=O) groups excluding carboxylic acids is 2. The Morgan fingerprint density at radius 3 is 1.19 bits per heavy atom. The zero-order valence-corrected chi connectivity index (χ0v) is 23.4. The van der Waals surface area contributed by atoms with Gasteiger partial charge in [0.2, 0.25) is 11.8 Å². The zero-order valence-electron chi connectivity index (χ0n) is 23.4. The number of amides is 2. The Labute approximate surface area is 222 Å². The van der Waals surface area contributed by atoms with Crippen LogP contribution in [0.5, 0.6) is 0 Å². The van der Waals surface area contributed by atoms with Crippen LogP contribution >= 0.6 is 0 Å². The van der Waals surface area contributed by atoms with E-state index in [9.17, 15) is 9.59 Å². The van der Waals surface area contributed by atoms with Crippen molar-refractivity contribution in [2.24, 2.45) is 0 Å². The first-order valence-corrected chi connectivity index (χ1v) is 14.9. The second kappa shape index (κ2) is 29.6. The van der Waals surface area contributed by atoms with Gasteiger partial charge in [-0.2, -0.15) is 0 Å². The molecule has 0 bridgehead atoms. The summed E-state index contributed by atoms with van der Waals surface area (Å²) in [5, 5.41) is 12.8. The summed E-state index contributed by atoms with van der Waals surface area (Å²) in [6, 6.07) is 0. The molecule has 0 aromatic rings. The molecule has 0 saturated carbocycles. The van der Waals surface area contributed by atoms with E-state index in [1.165, 1.54) is 51.4 Å². The van der Waals surface area contributed by atoms with Crippen molar-refractivity contribution in [2.75, 3.05) is 39.3 Å². The molecule has 0 aromatic heterocycles. The van der Waals surface area contributed by atoms with E-state index in [-0.39, 0.29) is 11.8 Å². The summed E-state index contributed by atoms with van der Waals surface area (Å²) in [4.78, 5) is 23.7. The van der Waals surface area contributed by atoms with Gasteiger partial charge in [0.25, 0.3) is 0 Å². The van der Waals surface area contributed by atoms with Gasteiger partial charge in [0.05, 0.1) is 0 Å². The number of unbranched alkanes of at least 4 members (excludes halogenated alkanes) is 12. The fraction of sp³-hybridized carbons (Fsp3) is 0.800. The summed E-state index contributed by atoms with van der Waals surface area (Å²) in [6.07, 6.45) is 23.8. The fourth-order valence-electron chi connectivity index (χ4n) is 4.05. The topological polar surface area (TPSA) is 82.3 Å². The highest BCUT2D eigenvalue weighted by Gasteiger charge is 2.01. The molecule has 0 heterocycles. The number of hydrogen-bond acceptors (Lipinski definition) is 4. The molecule has 0 rings (SSSR count). The molecule has 36 heavy (non-hydrogen) atoms. The van der Waals surface area contributed by atoms with Crippen molar-refractivity contribution >= 4 is 11.8 Å². The molecule has 0 radical (unpaired) electrons. The van der Waals surface area contributed by atoms with Crippen LogP contribution in [0.1, 0.15) is 116 Å². The molecule has 2 amide bonds. The first-order valence-electron chi connectivity index (χ1n) is 14.9. The maximum Gasteiger partial charge on any atom is 0.219 e. The van der Waals surface area contributed by atoms with E-state index >= 15 is 0 Å². The average molecular weight is 507 g/mol. The summed E-state index contributed by atoms with van der Waals surface area (Å²) in [5.74, 6) is 0.371. The zero-order chi connectivity index (χ0) is 26.4. The molecule has 0 fully saturated rings. The highest BCUT2D eigenvalue weighted by Crippen LogP contribution is 2.09. The largest absolute Gasteiger partial charge is 0.356 e. The molecule has 6 heteroatoms. The molecule has 210 valence electrons. The second-order valence-electron chi connectivity index (χ2n) is 9.80. The summed E-state index contributed by atoms with van der Waals surface area (Å²) in [7, 11) is 0. The van der Waals surface area contributed by atoms with Gasteiger partial charge < -0.3 is 21.3 Å². The number of nitrogens with one attached hydrogen (secondary N) is 4. The van der Waals surface area contributed by atoms with Gasteiger partial charge in [0.15, 0.2) is 0 Å². The molecule has 0 aliphatic carbocycles. The normalized spacial score (nSPS) is 10.8. The first-order chi connectivity index (χ1) is 17.7. The van der Waals surface area contributed by atoms with Crippen molar-refractivity contribution < 1.29 is 9.59 Å². The highest BCUT2D eigenvalue weighted by molar-refractivity contribution is 5.76. The number of carbonyl (C=O) groups is 2. The van der Waals surface area contributed by atoms with Crippen LogP contribution in [0.3, 0.4) is 0 Å². The lowest BCUT2D eigenvalue weighted by atomic mass is 10.1. The minimum atomic E-state index is 0.185. The van der Waals surface area contributed by atoms with Crippen LogP contribution in [0.2, 0.25) is 0 Å². The maximum absolute atomic E-state index is 11.9. The van der Waals surface area contributed by atoms with Crippen molar-refractivity contribution in [3.8, 4) is 0 Å². The minimum Gasteiger partial charge on any atom is -0.356 e. The van der Waals surface area contributed by atoms with E-state index in [2.05, 4.69) is 34.4 Å². The van der Waals surface area contributed by atoms with Gasteiger partial charge in [-0.05, 0) is 64.5 Å².